The molecule has 0 aliphatic carbocycles. The zero-order valence-corrected chi connectivity index (χ0v) is 11.9. The first-order chi connectivity index (χ1) is 8.91. The van der Waals surface area contributed by atoms with Gasteiger partial charge in [-0.1, -0.05) is 43.4 Å². The molecule has 0 aromatic rings. The summed E-state index contributed by atoms with van der Waals surface area (Å²) in [6, 6.07) is 0. The Kier molecular flexibility index (Phi) is 22.6. The molecule has 3 heteroatoms. The molecule has 0 saturated heterocycles. The number of hydrogen-bond acceptors (Lipinski definition) is 2. The van der Waals surface area contributed by atoms with Crippen LogP contribution in [0.1, 0.15) is 45.4 Å². The van der Waals surface area contributed by atoms with Crippen LogP contribution in [0.4, 0.5) is 0 Å². The predicted molar refractivity (Wildman–Crippen MR) is 87.2 cm³/mol. The quantitative estimate of drug-likeness (QED) is 0.234. The van der Waals surface area contributed by atoms with Crippen molar-refractivity contribution in [1.82, 2.24) is 0 Å². The van der Waals surface area contributed by atoms with E-state index in [1.165, 1.54) is 12.8 Å². The zero-order valence-electron chi connectivity index (χ0n) is 11.9. The Hall–Kier alpha value is -0.0938. The Morgan fingerprint density at radius 1 is 0.842 bits per heavy atom. The van der Waals surface area contributed by atoms with Crippen molar-refractivity contribution < 1.29 is 9.47 Å². The third-order valence-electron chi connectivity index (χ3n) is 2.38. The lowest BCUT2D eigenvalue weighted by molar-refractivity contribution is -0.0285. The molecule has 2 nitrogen and oxygen atoms in total. The van der Waals surface area contributed by atoms with Gasteiger partial charge in [-0.15, -0.1) is 0 Å². The van der Waals surface area contributed by atoms with Crippen LogP contribution >= 0.6 is 0 Å². The molecule has 0 aliphatic heterocycles. The third-order valence-corrected chi connectivity index (χ3v) is 2.38. The van der Waals surface area contributed by atoms with Gasteiger partial charge >= 0.3 is 23.1 Å². The SMILES string of the molecule is CC/C=C\C/C=C\CCC/C=C/CCOCOC.[MgH2]. The molecule has 0 fully saturated rings. The highest BCUT2D eigenvalue weighted by atomic mass is 24.3. The maximum absolute atomic E-state index is 5.18. The predicted octanol–water partition coefficient (Wildman–Crippen LogP) is 3.72. The van der Waals surface area contributed by atoms with E-state index in [9.17, 15) is 0 Å². The Balaban J connectivity index is 0. The topological polar surface area (TPSA) is 18.5 Å². The molecule has 0 radical (unpaired) electrons. The van der Waals surface area contributed by atoms with E-state index in [-0.39, 0.29) is 23.1 Å². The highest BCUT2D eigenvalue weighted by Crippen LogP contribution is 2.00. The zero-order chi connectivity index (χ0) is 13.3. The van der Waals surface area contributed by atoms with Crippen LogP contribution in [0, 0.1) is 0 Å². The second-order valence-electron chi connectivity index (χ2n) is 4.09. The maximum atomic E-state index is 5.18. The molecule has 0 aromatic carbocycles. The first kappa shape index (κ1) is 21.2. The highest BCUT2D eigenvalue weighted by Gasteiger charge is 1.83. The molecule has 0 atom stereocenters. The smallest absolute Gasteiger partial charge is 0.316 e. The summed E-state index contributed by atoms with van der Waals surface area (Å²) in [4.78, 5) is 0. The molecule has 0 spiro atoms. The minimum atomic E-state index is 0. The lowest BCUT2D eigenvalue weighted by Gasteiger charge is -1.98. The molecule has 0 aliphatic rings. The van der Waals surface area contributed by atoms with Crippen LogP contribution in [0.15, 0.2) is 36.5 Å². The molecule has 0 amide bonds. The summed E-state index contributed by atoms with van der Waals surface area (Å²) in [6.45, 7) is 3.30. The number of rotatable bonds is 12. The summed E-state index contributed by atoms with van der Waals surface area (Å²) in [5.41, 5.74) is 0. The monoisotopic (exact) mass is 278 g/mol. The van der Waals surface area contributed by atoms with Crippen molar-refractivity contribution in [2.75, 3.05) is 20.5 Å². The first-order valence-corrected chi connectivity index (χ1v) is 6.93. The first-order valence-electron chi connectivity index (χ1n) is 6.93. The fraction of sp³-hybridized carbons (Fsp3) is 0.625. The largest absolute Gasteiger partial charge is 0.359 e. The van der Waals surface area contributed by atoms with Crippen LogP contribution in [-0.2, 0) is 9.47 Å². The van der Waals surface area contributed by atoms with Gasteiger partial charge in [-0.2, -0.15) is 0 Å². The van der Waals surface area contributed by atoms with Gasteiger partial charge in [0.2, 0.25) is 0 Å². The van der Waals surface area contributed by atoms with Crippen LogP contribution in [0.25, 0.3) is 0 Å². The van der Waals surface area contributed by atoms with Crippen LogP contribution in [0.5, 0.6) is 0 Å². The number of methoxy groups -OCH3 is 1. The Morgan fingerprint density at radius 3 is 2.16 bits per heavy atom. The Bertz CT molecular complexity index is 235. The average Bonchev–Trinajstić information content (AvgIpc) is 2.39. The maximum Gasteiger partial charge on any atom is 0.316 e. The van der Waals surface area contributed by atoms with Crippen molar-refractivity contribution >= 4 is 23.1 Å². The molecule has 0 aromatic heterocycles. The van der Waals surface area contributed by atoms with Crippen LogP contribution in [-0.4, -0.2) is 43.6 Å². The second kappa shape index (κ2) is 20.2. The summed E-state index contributed by atoms with van der Waals surface area (Å²) >= 11 is 0. The van der Waals surface area contributed by atoms with E-state index < -0.39 is 0 Å². The Labute approximate surface area is 135 Å². The molecule has 0 rings (SSSR count). The fourth-order valence-electron chi connectivity index (χ4n) is 1.44. The minimum Gasteiger partial charge on any atom is -0.359 e. The molecule has 19 heavy (non-hydrogen) atoms. The van der Waals surface area contributed by atoms with Gasteiger partial charge in [0.15, 0.2) is 0 Å². The van der Waals surface area contributed by atoms with Crippen LogP contribution < -0.4 is 0 Å². The molecule has 0 saturated carbocycles. The lowest BCUT2D eigenvalue weighted by Crippen LogP contribution is -1.96. The van der Waals surface area contributed by atoms with Crippen molar-refractivity contribution in [2.24, 2.45) is 0 Å². The minimum absolute atomic E-state index is 0. The third kappa shape index (κ3) is 20.4. The molecule has 0 heterocycles. The molecule has 0 bridgehead atoms. The van der Waals surface area contributed by atoms with Gasteiger partial charge in [0.25, 0.3) is 0 Å². The molecule has 0 N–H and O–H groups in total. The van der Waals surface area contributed by atoms with Crippen molar-refractivity contribution in [1.29, 1.82) is 0 Å². The van der Waals surface area contributed by atoms with E-state index in [1.54, 1.807) is 7.11 Å². The van der Waals surface area contributed by atoms with Gasteiger partial charge < -0.3 is 9.47 Å². The summed E-state index contributed by atoms with van der Waals surface area (Å²) < 4.78 is 9.97. The summed E-state index contributed by atoms with van der Waals surface area (Å²) in [5, 5.41) is 0. The van der Waals surface area contributed by atoms with Crippen molar-refractivity contribution in [3.8, 4) is 0 Å². The van der Waals surface area contributed by atoms with E-state index in [4.69, 9.17) is 9.47 Å². The van der Waals surface area contributed by atoms with E-state index in [0.717, 1.165) is 32.3 Å². The van der Waals surface area contributed by atoms with Crippen molar-refractivity contribution in [3.63, 3.8) is 0 Å². The van der Waals surface area contributed by atoms with Gasteiger partial charge in [-0.3, -0.25) is 0 Å². The lowest BCUT2D eigenvalue weighted by atomic mass is 10.2. The fourth-order valence-corrected chi connectivity index (χ4v) is 1.44. The Morgan fingerprint density at radius 2 is 1.47 bits per heavy atom. The van der Waals surface area contributed by atoms with Gasteiger partial charge in [0.05, 0.1) is 6.61 Å². The van der Waals surface area contributed by atoms with Gasteiger partial charge in [-0.25, -0.2) is 0 Å². The van der Waals surface area contributed by atoms with Crippen LogP contribution in [0.3, 0.4) is 0 Å². The average molecular weight is 279 g/mol. The molecule has 108 valence electrons. The molecular formula is C16H30MgO2. The number of hydrogen-bond donors (Lipinski definition) is 0. The molecule has 0 unspecified atom stereocenters. The molecular weight excluding hydrogens is 248 g/mol. The van der Waals surface area contributed by atoms with Gasteiger partial charge in [-0.05, 0) is 38.5 Å². The van der Waals surface area contributed by atoms with E-state index in [1.807, 2.05) is 0 Å². The number of ether oxygens (including phenoxy) is 2. The van der Waals surface area contributed by atoms with Gasteiger partial charge in [0.1, 0.15) is 6.79 Å². The summed E-state index contributed by atoms with van der Waals surface area (Å²) in [6.07, 6.45) is 20.1. The van der Waals surface area contributed by atoms with Crippen molar-refractivity contribution in [3.05, 3.63) is 36.5 Å². The van der Waals surface area contributed by atoms with E-state index in [2.05, 4.69) is 43.4 Å². The summed E-state index contributed by atoms with van der Waals surface area (Å²) in [5.74, 6) is 0. The number of allylic oxidation sites excluding steroid dienone is 5. The van der Waals surface area contributed by atoms with E-state index in [0.29, 0.717) is 6.79 Å². The highest BCUT2D eigenvalue weighted by molar-refractivity contribution is 5.75. The number of unbranched alkanes of at least 4 members (excludes halogenated alkanes) is 2. The standard InChI is InChI=1S/C16H28O2.Mg.2H/c1-3-4-5-6-7-8-9-10-11-12-13-14-15-18-16-17-2;;;/h4-5,7-8,12-13H,3,6,9-11,14-16H2,1-2H3;;;/b5-4-,8-7-,13-12+;;;. The normalized spacial score (nSPS) is 11.7. The summed E-state index contributed by atoms with van der Waals surface area (Å²) in [7, 11) is 1.64. The van der Waals surface area contributed by atoms with Crippen molar-refractivity contribution in [2.45, 2.75) is 45.4 Å². The van der Waals surface area contributed by atoms with Gasteiger partial charge in [0, 0.05) is 7.11 Å². The second-order valence-corrected chi connectivity index (χ2v) is 4.09. The van der Waals surface area contributed by atoms with E-state index >= 15 is 0 Å². The van der Waals surface area contributed by atoms with Crippen LogP contribution in [0.2, 0.25) is 0 Å².